The Morgan fingerprint density at radius 3 is 3.00 bits per heavy atom. The van der Waals surface area contributed by atoms with Gasteiger partial charge in [-0.15, -0.1) is 0 Å². The van der Waals surface area contributed by atoms with Gasteiger partial charge in [-0.25, -0.2) is 0 Å². The Morgan fingerprint density at radius 1 is 1.50 bits per heavy atom. The highest BCUT2D eigenvalue weighted by Crippen LogP contribution is 2.16. The summed E-state index contributed by atoms with van der Waals surface area (Å²) in [4.78, 5) is 16.3. The van der Waals surface area contributed by atoms with Crippen LogP contribution in [0.15, 0.2) is 22.8 Å². The summed E-state index contributed by atoms with van der Waals surface area (Å²) >= 11 is 0. The van der Waals surface area contributed by atoms with Crippen LogP contribution in [0.25, 0.3) is 0 Å². The van der Waals surface area contributed by atoms with E-state index in [1.54, 1.807) is 6.26 Å². The number of carbonyl (C=O) groups is 1. The van der Waals surface area contributed by atoms with E-state index in [9.17, 15) is 4.79 Å². The summed E-state index contributed by atoms with van der Waals surface area (Å²) in [6, 6.07) is 3.70. The molecule has 0 aromatic carbocycles. The second kappa shape index (κ2) is 6.02. The number of rotatable bonds is 4. The van der Waals surface area contributed by atoms with Crippen molar-refractivity contribution in [3.8, 4) is 0 Å². The molecule has 0 saturated carbocycles. The molecule has 2 heterocycles. The zero-order valence-corrected chi connectivity index (χ0v) is 10.8. The van der Waals surface area contributed by atoms with E-state index in [0.717, 1.165) is 25.3 Å². The molecule has 1 atom stereocenters. The molecule has 18 heavy (non-hydrogen) atoms. The molecule has 1 saturated heterocycles. The highest BCUT2D eigenvalue weighted by atomic mass is 16.3. The van der Waals surface area contributed by atoms with E-state index in [1.807, 2.05) is 24.1 Å². The van der Waals surface area contributed by atoms with Crippen molar-refractivity contribution in [3.63, 3.8) is 0 Å². The maximum atomic E-state index is 12.3. The average Bonchev–Trinajstić information content (AvgIpc) is 2.82. The second-order valence-corrected chi connectivity index (χ2v) is 4.76. The van der Waals surface area contributed by atoms with Crippen LogP contribution >= 0.6 is 0 Å². The Morgan fingerprint density at radius 2 is 2.33 bits per heavy atom. The first-order valence-corrected chi connectivity index (χ1v) is 6.44. The number of amides is 1. The summed E-state index contributed by atoms with van der Waals surface area (Å²) in [6.45, 7) is 2.92. The molecule has 0 aliphatic carbocycles. The molecule has 2 N–H and O–H groups in total. The molecule has 5 nitrogen and oxygen atoms in total. The van der Waals surface area contributed by atoms with Gasteiger partial charge >= 0.3 is 0 Å². The number of likely N-dealkylation sites (N-methyl/N-ethyl adjacent to an activating group) is 1. The number of hydrogen-bond acceptors (Lipinski definition) is 4. The molecule has 1 aliphatic heterocycles. The Balaban J connectivity index is 2.11. The largest absolute Gasteiger partial charge is 0.468 e. The van der Waals surface area contributed by atoms with Crippen molar-refractivity contribution >= 4 is 5.91 Å². The fourth-order valence-electron chi connectivity index (χ4n) is 2.44. The van der Waals surface area contributed by atoms with Crippen LogP contribution in [0.2, 0.25) is 0 Å². The zero-order valence-electron chi connectivity index (χ0n) is 10.8. The highest BCUT2D eigenvalue weighted by Gasteiger charge is 2.30. The van der Waals surface area contributed by atoms with Crippen molar-refractivity contribution in [2.24, 2.45) is 5.73 Å². The van der Waals surface area contributed by atoms with Crippen molar-refractivity contribution in [1.29, 1.82) is 0 Å². The predicted octanol–water partition coefficient (Wildman–Crippen LogP) is 0.661. The molecular weight excluding hydrogens is 230 g/mol. The summed E-state index contributed by atoms with van der Waals surface area (Å²) in [5.41, 5.74) is 5.63. The quantitative estimate of drug-likeness (QED) is 0.854. The lowest BCUT2D eigenvalue weighted by molar-refractivity contribution is -0.134. The molecule has 0 spiro atoms. The lowest BCUT2D eigenvalue weighted by Crippen LogP contribution is -2.45. The normalized spacial score (nSPS) is 22.2. The number of nitrogens with two attached hydrogens (primary N) is 1. The number of carbonyl (C=O) groups excluding carboxylic acids is 1. The first-order valence-electron chi connectivity index (χ1n) is 6.44. The van der Waals surface area contributed by atoms with Gasteiger partial charge in [-0.3, -0.25) is 9.69 Å². The van der Waals surface area contributed by atoms with E-state index < -0.39 is 0 Å². The third-order valence-corrected chi connectivity index (χ3v) is 3.42. The van der Waals surface area contributed by atoms with Gasteiger partial charge in [0, 0.05) is 20.1 Å². The van der Waals surface area contributed by atoms with Gasteiger partial charge in [-0.05, 0) is 31.5 Å². The van der Waals surface area contributed by atoms with Gasteiger partial charge in [-0.1, -0.05) is 0 Å². The summed E-state index contributed by atoms with van der Waals surface area (Å²) in [5.74, 6) is 1.07. The van der Waals surface area contributed by atoms with Crippen molar-refractivity contribution in [2.75, 3.05) is 26.7 Å². The van der Waals surface area contributed by atoms with E-state index in [4.69, 9.17) is 10.2 Å². The van der Waals surface area contributed by atoms with Crippen molar-refractivity contribution in [2.45, 2.75) is 25.4 Å². The van der Waals surface area contributed by atoms with Gasteiger partial charge in [0.2, 0.25) is 5.91 Å². The molecule has 5 heteroatoms. The first-order chi connectivity index (χ1) is 8.72. The Kier molecular flexibility index (Phi) is 4.38. The number of nitrogens with zero attached hydrogens (tertiary/aromatic N) is 2. The molecule has 2 rings (SSSR count). The molecule has 0 radical (unpaired) electrons. The van der Waals surface area contributed by atoms with E-state index in [1.165, 1.54) is 0 Å². The summed E-state index contributed by atoms with van der Waals surface area (Å²) in [5, 5.41) is 0. The number of furan rings is 1. The zero-order chi connectivity index (χ0) is 13.0. The van der Waals surface area contributed by atoms with Gasteiger partial charge in [0.05, 0.1) is 18.8 Å². The van der Waals surface area contributed by atoms with Gasteiger partial charge in [0.1, 0.15) is 5.76 Å². The summed E-state index contributed by atoms with van der Waals surface area (Å²) in [7, 11) is 1.86. The average molecular weight is 251 g/mol. The van der Waals surface area contributed by atoms with Crippen molar-refractivity contribution < 1.29 is 9.21 Å². The molecule has 1 fully saturated rings. The molecule has 1 aromatic rings. The van der Waals surface area contributed by atoms with Crippen LogP contribution in [-0.4, -0.2) is 48.4 Å². The third-order valence-electron chi connectivity index (χ3n) is 3.42. The minimum Gasteiger partial charge on any atom is -0.468 e. The Bertz CT molecular complexity index is 378. The van der Waals surface area contributed by atoms with Crippen LogP contribution in [0.1, 0.15) is 18.6 Å². The SMILES string of the molecule is CN1CCCN(Cc2ccco2)C(CCN)C1=O. The van der Waals surface area contributed by atoms with E-state index in [2.05, 4.69) is 4.90 Å². The highest BCUT2D eigenvalue weighted by molar-refractivity contribution is 5.81. The molecule has 1 aliphatic rings. The van der Waals surface area contributed by atoms with Gasteiger partial charge in [0.15, 0.2) is 0 Å². The maximum Gasteiger partial charge on any atom is 0.239 e. The van der Waals surface area contributed by atoms with Gasteiger partial charge < -0.3 is 15.1 Å². The second-order valence-electron chi connectivity index (χ2n) is 4.76. The minimum atomic E-state index is -0.118. The molecule has 1 amide bonds. The smallest absolute Gasteiger partial charge is 0.239 e. The van der Waals surface area contributed by atoms with Crippen molar-refractivity contribution in [1.82, 2.24) is 9.80 Å². The fraction of sp³-hybridized carbons (Fsp3) is 0.615. The summed E-state index contributed by atoms with van der Waals surface area (Å²) < 4.78 is 5.37. The molecule has 1 aromatic heterocycles. The maximum absolute atomic E-state index is 12.3. The first kappa shape index (κ1) is 13.1. The predicted molar refractivity (Wildman–Crippen MR) is 68.8 cm³/mol. The minimum absolute atomic E-state index is 0.118. The van der Waals surface area contributed by atoms with Crippen LogP contribution in [0, 0.1) is 0 Å². The molecule has 1 unspecified atom stereocenters. The molecule has 100 valence electrons. The van der Waals surface area contributed by atoms with Crippen LogP contribution in [-0.2, 0) is 11.3 Å². The van der Waals surface area contributed by atoms with Crippen molar-refractivity contribution in [3.05, 3.63) is 24.2 Å². The molecule has 0 bridgehead atoms. The van der Waals surface area contributed by atoms with Crippen LogP contribution in [0.3, 0.4) is 0 Å². The number of hydrogen-bond donors (Lipinski definition) is 1. The summed E-state index contributed by atoms with van der Waals surface area (Å²) in [6.07, 6.45) is 3.35. The van der Waals surface area contributed by atoms with Crippen LogP contribution in [0.4, 0.5) is 0 Å². The van der Waals surface area contributed by atoms with E-state index in [0.29, 0.717) is 19.5 Å². The molecular formula is C13H21N3O2. The Labute approximate surface area is 108 Å². The van der Waals surface area contributed by atoms with E-state index in [-0.39, 0.29) is 11.9 Å². The lowest BCUT2D eigenvalue weighted by atomic mass is 10.1. The van der Waals surface area contributed by atoms with Gasteiger partial charge in [0.25, 0.3) is 0 Å². The van der Waals surface area contributed by atoms with Crippen LogP contribution in [0.5, 0.6) is 0 Å². The van der Waals surface area contributed by atoms with Crippen LogP contribution < -0.4 is 5.73 Å². The lowest BCUT2D eigenvalue weighted by Gasteiger charge is -2.28. The van der Waals surface area contributed by atoms with E-state index >= 15 is 0 Å². The standard InChI is InChI=1S/C13H21N3O2/c1-15-7-3-8-16(10-11-4-2-9-18-11)12(5-6-14)13(15)17/h2,4,9,12H,3,5-8,10,14H2,1H3. The third kappa shape index (κ3) is 2.91. The fourth-order valence-corrected chi connectivity index (χ4v) is 2.44. The Hall–Kier alpha value is -1.33. The monoisotopic (exact) mass is 251 g/mol. The van der Waals surface area contributed by atoms with Gasteiger partial charge in [-0.2, -0.15) is 0 Å². The topological polar surface area (TPSA) is 62.7 Å².